The van der Waals surface area contributed by atoms with Crippen molar-refractivity contribution in [3.05, 3.63) is 23.0 Å². The first-order chi connectivity index (χ1) is 13.8. The van der Waals surface area contributed by atoms with E-state index in [0.29, 0.717) is 33.8 Å². The number of halogens is 1. The van der Waals surface area contributed by atoms with Crippen LogP contribution in [0.25, 0.3) is 0 Å². The van der Waals surface area contributed by atoms with Crippen LogP contribution in [0.15, 0.2) is 6.07 Å². The van der Waals surface area contributed by atoms with Crippen molar-refractivity contribution in [1.29, 1.82) is 0 Å². The number of fused-ring (bicyclic) bond motifs is 3. The molecule has 2 aliphatic carbocycles. The van der Waals surface area contributed by atoms with Crippen LogP contribution in [0, 0.1) is 17.2 Å². The summed E-state index contributed by atoms with van der Waals surface area (Å²) in [5.74, 6) is -1.03. The minimum atomic E-state index is -4.18. The zero-order valence-electron chi connectivity index (χ0n) is 16.3. The molecule has 2 aliphatic heterocycles. The predicted molar refractivity (Wildman–Crippen MR) is 105 cm³/mol. The highest BCUT2D eigenvalue weighted by Crippen LogP contribution is 2.56. The topological polar surface area (TPSA) is 90.0 Å². The van der Waals surface area contributed by atoms with Crippen molar-refractivity contribution in [3.8, 4) is 5.75 Å². The highest BCUT2D eigenvalue weighted by Gasteiger charge is 2.44. The number of amides is 1. The number of benzene rings is 1. The number of hydrogen-bond donors (Lipinski definition) is 2. The Kier molecular flexibility index (Phi) is 4.33. The molecule has 1 aromatic carbocycles. The summed E-state index contributed by atoms with van der Waals surface area (Å²) >= 11 is 0. The average molecular weight is 424 g/mol. The van der Waals surface area contributed by atoms with Gasteiger partial charge in [-0.1, -0.05) is 0 Å². The lowest BCUT2D eigenvalue weighted by molar-refractivity contribution is -0.117. The molecule has 0 atom stereocenters. The van der Waals surface area contributed by atoms with Gasteiger partial charge in [0.15, 0.2) is 5.82 Å². The van der Waals surface area contributed by atoms with Crippen molar-refractivity contribution >= 4 is 21.8 Å². The van der Waals surface area contributed by atoms with E-state index in [-0.39, 0.29) is 0 Å². The number of nitrogens with one attached hydrogen (secondary N) is 1. The molecule has 2 saturated carbocycles. The molecule has 3 fully saturated rings. The Morgan fingerprint density at radius 2 is 2.03 bits per heavy atom. The maximum absolute atomic E-state index is 15.4. The molecular weight excluding hydrogens is 397 g/mol. The van der Waals surface area contributed by atoms with Gasteiger partial charge in [0.2, 0.25) is 0 Å². The second-order valence-corrected chi connectivity index (χ2v) is 10.8. The van der Waals surface area contributed by atoms with Crippen LogP contribution in [0.3, 0.4) is 0 Å². The van der Waals surface area contributed by atoms with Gasteiger partial charge in [-0.25, -0.2) is 13.4 Å². The molecule has 5 rings (SSSR count). The minimum Gasteiger partial charge on any atom is -0.506 e. The normalized spacial score (nSPS) is 30.6. The van der Waals surface area contributed by atoms with E-state index >= 15 is 4.39 Å². The molecule has 29 heavy (non-hydrogen) atoms. The molecule has 1 saturated heterocycles. The molecule has 0 radical (unpaired) electrons. The predicted octanol–water partition coefficient (Wildman–Crippen LogP) is 2.04. The van der Waals surface area contributed by atoms with Gasteiger partial charge in [-0.3, -0.25) is 9.69 Å². The first-order valence-corrected chi connectivity index (χ1v) is 11.8. The summed E-state index contributed by atoms with van der Waals surface area (Å²) in [6, 6.07) is 1.45. The number of anilines is 1. The maximum atomic E-state index is 15.4. The zero-order chi connectivity index (χ0) is 20.4. The van der Waals surface area contributed by atoms with Crippen molar-refractivity contribution in [2.75, 3.05) is 23.9 Å². The summed E-state index contributed by atoms with van der Waals surface area (Å²) in [4.78, 5) is 13.8. The first-order valence-electron chi connectivity index (χ1n) is 10.4. The summed E-state index contributed by atoms with van der Waals surface area (Å²) in [5.41, 5.74) is 1.17. The third kappa shape index (κ3) is 3.18. The zero-order valence-corrected chi connectivity index (χ0v) is 17.1. The van der Waals surface area contributed by atoms with Crippen LogP contribution in [-0.2, 0) is 28.0 Å². The van der Waals surface area contributed by atoms with Crippen molar-refractivity contribution in [2.45, 2.75) is 51.5 Å². The van der Waals surface area contributed by atoms with Crippen LogP contribution >= 0.6 is 0 Å². The third-order valence-electron chi connectivity index (χ3n) is 7.41. The molecule has 0 spiro atoms. The number of nitrogens with zero attached hydrogens (tertiary/aromatic N) is 2. The average Bonchev–Trinajstić information content (AvgIpc) is 3.33. The molecule has 2 heterocycles. The fourth-order valence-electron chi connectivity index (χ4n) is 5.82. The number of rotatable bonds is 4. The molecule has 2 bridgehead atoms. The maximum Gasteiger partial charge on any atom is 0.326 e. The standard InChI is InChI=1S/C20H26FN3O4S/c21-18-15-11-23(8-6-20-4-1-13(10-20)2-5-20)7-3-14(15)9-16(25)19(18)24-12-17(26)22-29(24,27)28/h9,13,25H,1-8,10-12H2,(H,22,26). The summed E-state index contributed by atoms with van der Waals surface area (Å²) in [6.45, 7) is 1.57. The molecule has 0 unspecified atom stereocenters. The van der Waals surface area contributed by atoms with E-state index in [1.807, 2.05) is 4.72 Å². The van der Waals surface area contributed by atoms with Crippen LogP contribution in [0.1, 0.15) is 49.7 Å². The fourth-order valence-corrected chi connectivity index (χ4v) is 6.99. The van der Waals surface area contributed by atoms with Gasteiger partial charge in [-0.2, -0.15) is 8.42 Å². The molecule has 2 N–H and O–H groups in total. The molecule has 1 aromatic rings. The van der Waals surface area contributed by atoms with E-state index in [0.717, 1.165) is 25.4 Å². The Morgan fingerprint density at radius 3 is 2.66 bits per heavy atom. The lowest BCUT2D eigenvalue weighted by atomic mass is 9.81. The Balaban J connectivity index is 1.38. The van der Waals surface area contributed by atoms with Gasteiger partial charge in [0, 0.05) is 18.7 Å². The summed E-state index contributed by atoms with van der Waals surface area (Å²) in [7, 11) is -4.18. The second kappa shape index (κ2) is 6.57. The number of phenols is 1. The molecule has 0 aromatic heterocycles. The van der Waals surface area contributed by atoms with Gasteiger partial charge in [-0.05, 0) is 74.5 Å². The van der Waals surface area contributed by atoms with E-state index in [1.165, 1.54) is 38.2 Å². The Hall–Kier alpha value is -1.87. The number of hydrogen-bond acceptors (Lipinski definition) is 5. The molecule has 7 nitrogen and oxygen atoms in total. The number of carbonyl (C=O) groups is 1. The van der Waals surface area contributed by atoms with Crippen molar-refractivity contribution in [3.63, 3.8) is 0 Å². The Labute approximate surface area is 170 Å². The van der Waals surface area contributed by atoms with E-state index in [4.69, 9.17) is 0 Å². The van der Waals surface area contributed by atoms with E-state index in [2.05, 4.69) is 4.90 Å². The van der Waals surface area contributed by atoms with Crippen LogP contribution in [0.5, 0.6) is 5.75 Å². The number of carbonyl (C=O) groups excluding carboxylic acids is 1. The molecule has 158 valence electrons. The van der Waals surface area contributed by atoms with Crippen molar-refractivity contribution in [1.82, 2.24) is 9.62 Å². The highest BCUT2D eigenvalue weighted by molar-refractivity contribution is 7.92. The molecule has 9 heteroatoms. The Morgan fingerprint density at radius 1 is 1.28 bits per heavy atom. The van der Waals surface area contributed by atoms with Crippen LogP contribution in [-0.4, -0.2) is 44.0 Å². The summed E-state index contributed by atoms with van der Waals surface area (Å²) in [5, 5.41) is 10.3. The number of phenolic OH excluding ortho intramolecular Hbond substituents is 1. The van der Waals surface area contributed by atoms with E-state index in [1.54, 1.807) is 0 Å². The van der Waals surface area contributed by atoms with Crippen molar-refractivity contribution in [2.24, 2.45) is 11.3 Å². The fraction of sp³-hybridized carbons (Fsp3) is 0.650. The molecular formula is C20H26FN3O4S. The van der Waals surface area contributed by atoms with Gasteiger partial charge in [0.05, 0.1) is 0 Å². The van der Waals surface area contributed by atoms with E-state index < -0.39 is 39.9 Å². The number of aromatic hydroxyl groups is 1. The van der Waals surface area contributed by atoms with Crippen LogP contribution in [0.4, 0.5) is 10.1 Å². The molecule has 1 amide bonds. The minimum absolute atomic E-state index is 0.392. The quantitative estimate of drug-likeness (QED) is 0.774. The smallest absolute Gasteiger partial charge is 0.326 e. The van der Waals surface area contributed by atoms with Crippen molar-refractivity contribution < 1.29 is 22.7 Å². The third-order valence-corrected chi connectivity index (χ3v) is 8.79. The highest BCUT2D eigenvalue weighted by atomic mass is 32.2. The van der Waals surface area contributed by atoms with Gasteiger partial charge in [0.1, 0.15) is 18.0 Å². The largest absolute Gasteiger partial charge is 0.506 e. The monoisotopic (exact) mass is 423 g/mol. The van der Waals surface area contributed by atoms with Gasteiger partial charge in [0.25, 0.3) is 5.91 Å². The summed E-state index contributed by atoms with van der Waals surface area (Å²) < 4.78 is 42.1. The van der Waals surface area contributed by atoms with Gasteiger partial charge in [-0.15, -0.1) is 0 Å². The summed E-state index contributed by atoms with van der Waals surface area (Å²) in [6.07, 6.45) is 8.38. The molecule has 4 aliphatic rings. The van der Waals surface area contributed by atoms with Gasteiger partial charge >= 0.3 is 10.2 Å². The lowest BCUT2D eigenvalue weighted by Crippen LogP contribution is -2.35. The van der Waals surface area contributed by atoms with Crippen LogP contribution < -0.4 is 9.03 Å². The van der Waals surface area contributed by atoms with Crippen LogP contribution in [0.2, 0.25) is 0 Å². The lowest BCUT2D eigenvalue weighted by Gasteiger charge is -2.34. The van der Waals surface area contributed by atoms with Gasteiger partial charge < -0.3 is 5.11 Å². The SMILES string of the molecule is O=C1CN(c2c(O)cc3c(c2F)CN(CCC24CCC(CC2)C4)CC3)S(=O)(=O)N1. The van der Waals surface area contributed by atoms with E-state index in [9.17, 15) is 18.3 Å². The second-order valence-electron chi connectivity index (χ2n) is 9.16. The Bertz CT molecular complexity index is 972. The first kappa shape index (κ1) is 19.1.